The molecule has 1 fully saturated rings. The molecule has 2 atom stereocenters. The van der Waals surface area contributed by atoms with E-state index in [1.54, 1.807) is 12.3 Å². The number of hydrogen-bond acceptors (Lipinski definition) is 4. The summed E-state index contributed by atoms with van der Waals surface area (Å²) < 4.78 is 10.4. The van der Waals surface area contributed by atoms with Gasteiger partial charge >= 0.3 is 0 Å². The van der Waals surface area contributed by atoms with Gasteiger partial charge in [0.15, 0.2) is 0 Å². The van der Waals surface area contributed by atoms with Crippen LogP contribution in [-0.4, -0.2) is 31.7 Å². The first-order valence-corrected chi connectivity index (χ1v) is 5.42. The molecular formula is C11H16N2O3. The van der Waals surface area contributed by atoms with Gasteiger partial charge in [-0.3, -0.25) is 4.79 Å². The summed E-state index contributed by atoms with van der Waals surface area (Å²) in [5.41, 5.74) is 0. The molecule has 5 heteroatoms. The summed E-state index contributed by atoms with van der Waals surface area (Å²) in [6.07, 6.45) is 1.60. The summed E-state index contributed by atoms with van der Waals surface area (Å²) in [6, 6.07) is 3.27. The van der Waals surface area contributed by atoms with E-state index < -0.39 is 0 Å². The Labute approximate surface area is 94.1 Å². The Bertz CT molecular complexity index is 331. The van der Waals surface area contributed by atoms with Crippen molar-refractivity contribution in [3.8, 4) is 0 Å². The lowest BCUT2D eigenvalue weighted by molar-refractivity contribution is -0.126. The van der Waals surface area contributed by atoms with Crippen LogP contribution in [-0.2, 0) is 9.53 Å². The zero-order chi connectivity index (χ0) is 11.4. The number of carbonyl (C=O) groups excluding carboxylic acids is 1. The van der Waals surface area contributed by atoms with E-state index in [9.17, 15) is 4.79 Å². The zero-order valence-corrected chi connectivity index (χ0v) is 9.23. The van der Waals surface area contributed by atoms with E-state index >= 15 is 0 Å². The molecule has 1 saturated heterocycles. The van der Waals surface area contributed by atoms with Crippen molar-refractivity contribution in [2.75, 3.05) is 19.8 Å². The van der Waals surface area contributed by atoms with Crippen LogP contribution in [0.4, 0.5) is 0 Å². The molecule has 16 heavy (non-hydrogen) atoms. The number of morpholine rings is 1. The van der Waals surface area contributed by atoms with Crippen molar-refractivity contribution in [1.29, 1.82) is 0 Å². The molecule has 2 N–H and O–H groups in total. The van der Waals surface area contributed by atoms with Crippen LogP contribution < -0.4 is 10.6 Å². The molecule has 1 aliphatic heterocycles. The fourth-order valence-corrected chi connectivity index (χ4v) is 1.66. The predicted octanol–water partition coefficient (Wildman–Crippen LogP) is 0.445. The van der Waals surface area contributed by atoms with Crippen LogP contribution in [0.1, 0.15) is 18.7 Å². The average Bonchev–Trinajstić information content (AvgIpc) is 2.83. The first-order valence-electron chi connectivity index (χ1n) is 5.42. The van der Waals surface area contributed by atoms with Crippen molar-refractivity contribution in [1.82, 2.24) is 10.6 Å². The van der Waals surface area contributed by atoms with Gasteiger partial charge in [-0.15, -0.1) is 0 Å². The molecule has 5 nitrogen and oxygen atoms in total. The van der Waals surface area contributed by atoms with E-state index in [4.69, 9.17) is 9.15 Å². The lowest BCUT2D eigenvalue weighted by Gasteiger charge is -2.24. The summed E-state index contributed by atoms with van der Waals surface area (Å²) in [4.78, 5) is 11.8. The van der Waals surface area contributed by atoms with Crippen molar-refractivity contribution in [2.24, 2.45) is 0 Å². The molecule has 1 aliphatic rings. The molecule has 2 rings (SSSR count). The largest absolute Gasteiger partial charge is 0.467 e. The maximum Gasteiger partial charge on any atom is 0.240 e. The lowest BCUT2D eigenvalue weighted by atomic mass is 10.2. The second kappa shape index (κ2) is 5.14. The SMILES string of the molecule is C[C@H](NC(=O)C1COCCN1)c1ccco1. The highest BCUT2D eigenvalue weighted by molar-refractivity contribution is 5.82. The Kier molecular flexibility index (Phi) is 3.58. The van der Waals surface area contributed by atoms with Gasteiger partial charge in [-0.05, 0) is 19.1 Å². The second-order valence-corrected chi connectivity index (χ2v) is 3.83. The average molecular weight is 224 g/mol. The minimum Gasteiger partial charge on any atom is -0.467 e. The summed E-state index contributed by atoms with van der Waals surface area (Å²) >= 11 is 0. The summed E-state index contributed by atoms with van der Waals surface area (Å²) in [5.74, 6) is 0.702. The topological polar surface area (TPSA) is 63.5 Å². The van der Waals surface area contributed by atoms with E-state index in [0.29, 0.717) is 19.8 Å². The number of rotatable bonds is 3. The Morgan fingerprint density at radius 2 is 2.56 bits per heavy atom. The fourth-order valence-electron chi connectivity index (χ4n) is 1.66. The van der Waals surface area contributed by atoms with Crippen LogP contribution in [0.5, 0.6) is 0 Å². The molecule has 0 bridgehead atoms. The molecule has 2 heterocycles. The van der Waals surface area contributed by atoms with Crippen LogP contribution >= 0.6 is 0 Å². The van der Waals surface area contributed by atoms with Crippen molar-refractivity contribution in [3.05, 3.63) is 24.2 Å². The lowest BCUT2D eigenvalue weighted by Crippen LogP contribution is -2.51. The number of carbonyl (C=O) groups is 1. The first-order chi connectivity index (χ1) is 7.77. The van der Waals surface area contributed by atoms with Crippen LogP contribution in [0.15, 0.2) is 22.8 Å². The van der Waals surface area contributed by atoms with Gasteiger partial charge in [0.1, 0.15) is 11.8 Å². The third-order valence-corrected chi connectivity index (χ3v) is 2.57. The standard InChI is InChI=1S/C11H16N2O3/c1-8(10-3-2-5-16-10)13-11(14)9-7-15-6-4-12-9/h2-3,5,8-9,12H,4,6-7H2,1H3,(H,13,14)/t8-,9?/m0/s1. The Balaban J connectivity index is 1.86. The van der Waals surface area contributed by atoms with E-state index in [0.717, 1.165) is 5.76 Å². The summed E-state index contributed by atoms with van der Waals surface area (Å²) in [6.45, 7) is 3.70. The van der Waals surface area contributed by atoms with E-state index in [2.05, 4.69) is 10.6 Å². The van der Waals surface area contributed by atoms with Crippen LogP contribution in [0.3, 0.4) is 0 Å². The molecule has 1 unspecified atom stereocenters. The van der Waals surface area contributed by atoms with E-state index in [1.165, 1.54) is 0 Å². The van der Waals surface area contributed by atoms with Crippen LogP contribution in [0.2, 0.25) is 0 Å². The minimum atomic E-state index is -0.258. The quantitative estimate of drug-likeness (QED) is 0.782. The summed E-state index contributed by atoms with van der Waals surface area (Å²) in [5, 5.41) is 5.98. The molecular weight excluding hydrogens is 208 g/mol. The van der Waals surface area contributed by atoms with Crippen molar-refractivity contribution < 1.29 is 13.9 Å². The molecule has 1 amide bonds. The molecule has 88 valence electrons. The number of ether oxygens (including phenoxy) is 1. The predicted molar refractivity (Wildman–Crippen MR) is 57.9 cm³/mol. The summed E-state index contributed by atoms with van der Waals surface area (Å²) in [7, 11) is 0. The van der Waals surface area contributed by atoms with E-state index in [-0.39, 0.29) is 18.0 Å². The molecule has 0 aliphatic carbocycles. The van der Waals surface area contributed by atoms with Gasteiger partial charge in [0.05, 0.1) is 25.5 Å². The number of furan rings is 1. The number of nitrogens with one attached hydrogen (secondary N) is 2. The third kappa shape index (κ3) is 2.62. The Morgan fingerprint density at radius 1 is 1.69 bits per heavy atom. The monoisotopic (exact) mass is 224 g/mol. The molecule has 1 aromatic heterocycles. The zero-order valence-electron chi connectivity index (χ0n) is 9.23. The molecule has 1 aromatic rings. The minimum absolute atomic E-state index is 0.0522. The molecule has 0 aromatic carbocycles. The van der Waals surface area contributed by atoms with Crippen LogP contribution in [0, 0.1) is 0 Å². The fraction of sp³-hybridized carbons (Fsp3) is 0.545. The first kappa shape index (κ1) is 11.2. The van der Waals surface area contributed by atoms with Crippen molar-refractivity contribution >= 4 is 5.91 Å². The molecule has 0 saturated carbocycles. The third-order valence-electron chi connectivity index (χ3n) is 2.57. The molecule has 0 radical (unpaired) electrons. The van der Waals surface area contributed by atoms with Gasteiger partial charge in [-0.1, -0.05) is 0 Å². The maximum atomic E-state index is 11.8. The van der Waals surface area contributed by atoms with Gasteiger partial charge in [0.2, 0.25) is 5.91 Å². The number of hydrogen-bond donors (Lipinski definition) is 2. The highest BCUT2D eigenvalue weighted by Crippen LogP contribution is 2.12. The Hall–Kier alpha value is -1.33. The smallest absolute Gasteiger partial charge is 0.240 e. The van der Waals surface area contributed by atoms with Crippen LogP contribution in [0.25, 0.3) is 0 Å². The Morgan fingerprint density at radius 3 is 3.19 bits per heavy atom. The van der Waals surface area contributed by atoms with Gasteiger partial charge < -0.3 is 19.8 Å². The van der Waals surface area contributed by atoms with Gasteiger partial charge in [-0.25, -0.2) is 0 Å². The molecule has 0 spiro atoms. The second-order valence-electron chi connectivity index (χ2n) is 3.83. The maximum absolute atomic E-state index is 11.8. The van der Waals surface area contributed by atoms with E-state index in [1.807, 2.05) is 13.0 Å². The van der Waals surface area contributed by atoms with Gasteiger partial charge in [-0.2, -0.15) is 0 Å². The normalized spacial score (nSPS) is 22.7. The highest BCUT2D eigenvalue weighted by atomic mass is 16.5. The highest BCUT2D eigenvalue weighted by Gasteiger charge is 2.23. The van der Waals surface area contributed by atoms with Gasteiger partial charge in [0.25, 0.3) is 0 Å². The van der Waals surface area contributed by atoms with Crippen molar-refractivity contribution in [2.45, 2.75) is 19.0 Å². The van der Waals surface area contributed by atoms with Crippen molar-refractivity contribution in [3.63, 3.8) is 0 Å². The number of amides is 1. The van der Waals surface area contributed by atoms with Gasteiger partial charge in [0, 0.05) is 6.54 Å².